The first-order valence-electron chi connectivity index (χ1n) is 11.5. The molecule has 0 aliphatic carbocycles. The molecule has 0 unspecified atom stereocenters. The molecule has 8 heteroatoms. The van der Waals surface area contributed by atoms with E-state index in [2.05, 4.69) is 6.58 Å². The highest BCUT2D eigenvalue weighted by molar-refractivity contribution is 7.89. The largest absolute Gasteiger partial charge is 0.463 e. The minimum absolute atomic E-state index is 0.0989. The number of sulfonamides is 1. The van der Waals surface area contributed by atoms with E-state index < -0.39 is 34.1 Å². The monoisotopic (exact) mass is 499 g/mol. The Morgan fingerprint density at radius 3 is 2.31 bits per heavy atom. The van der Waals surface area contributed by atoms with Crippen LogP contribution >= 0.6 is 0 Å². The maximum Gasteiger partial charge on any atom is 0.330 e. The Balaban J connectivity index is 2.56. The number of esters is 2. The average Bonchev–Trinajstić information content (AvgIpc) is 2.82. The predicted molar refractivity (Wildman–Crippen MR) is 135 cm³/mol. The van der Waals surface area contributed by atoms with Gasteiger partial charge in [0.1, 0.15) is 6.10 Å². The second-order valence-corrected chi connectivity index (χ2v) is 9.82. The zero-order valence-electron chi connectivity index (χ0n) is 20.4. The average molecular weight is 500 g/mol. The molecule has 0 aliphatic heterocycles. The van der Waals surface area contributed by atoms with Gasteiger partial charge in [-0.3, -0.25) is 4.79 Å². The van der Waals surface area contributed by atoms with E-state index in [0.29, 0.717) is 12.0 Å². The summed E-state index contributed by atoms with van der Waals surface area (Å²) in [5.74, 6) is -1.08. The fraction of sp³-hybridized carbons (Fsp3) is 0.333. The Labute approximate surface area is 208 Å². The molecule has 0 saturated heterocycles. The summed E-state index contributed by atoms with van der Waals surface area (Å²) in [5.41, 5.74) is 1.65. The van der Waals surface area contributed by atoms with Gasteiger partial charge in [0.15, 0.2) is 0 Å². The first kappa shape index (κ1) is 28.0. The summed E-state index contributed by atoms with van der Waals surface area (Å²) in [6.07, 6.45) is 4.09. The number of hydrogen-bond acceptors (Lipinski definition) is 6. The van der Waals surface area contributed by atoms with Crippen molar-refractivity contribution in [1.82, 2.24) is 4.31 Å². The maximum absolute atomic E-state index is 13.7. The van der Waals surface area contributed by atoms with Crippen LogP contribution < -0.4 is 0 Å². The van der Waals surface area contributed by atoms with Crippen LogP contribution in [-0.4, -0.2) is 43.9 Å². The highest BCUT2D eigenvalue weighted by Crippen LogP contribution is 2.29. The Morgan fingerprint density at radius 2 is 1.74 bits per heavy atom. The van der Waals surface area contributed by atoms with Crippen LogP contribution in [0.3, 0.4) is 0 Å². The molecule has 0 amide bonds. The Hall–Kier alpha value is -3.23. The lowest BCUT2D eigenvalue weighted by atomic mass is 10.0. The minimum Gasteiger partial charge on any atom is -0.463 e. The summed E-state index contributed by atoms with van der Waals surface area (Å²) < 4.78 is 39.4. The van der Waals surface area contributed by atoms with Gasteiger partial charge in [0.2, 0.25) is 10.0 Å². The molecule has 0 bridgehead atoms. The number of nitrogens with zero attached hydrogens (tertiary/aromatic N) is 1. The van der Waals surface area contributed by atoms with E-state index in [0.717, 1.165) is 5.56 Å². The topological polar surface area (TPSA) is 90.0 Å². The number of carbonyl (C=O) groups is 2. The fourth-order valence-electron chi connectivity index (χ4n) is 3.54. The van der Waals surface area contributed by atoms with Gasteiger partial charge in [-0.2, -0.15) is 4.31 Å². The summed E-state index contributed by atoms with van der Waals surface area (Å²) in [5, 5.41) is 0. The van der Waals surface area contributed by atoms with E-state index in [-0.39, 0.29) is 24.5 Å². The number of hydrogen-bond donors (Lipinski definition) is 0. The molecule has 2 rings (SSSR count). The summed E-state index contributed by atoms with van der Waals surface area (Å²) >= 11 is 0. The lowest BCUT2D eigenvalue weighted by molar-refractivity contribution is -0.147. The normalized spacial score (nSPS) is 13.4. The van der Waals surface area contributed by atoms with Crippen molar-refractivity contribution in [2.75, 3.05) is 13.2 Å². The molecule has 0 radical (unpaired) electrons. The first-order chi connectivity index (χ1) is 16.7. The van der Waals surface area contributed by atoms with Crippen molar-refractivity contribution in [3.8, 4) is 0 Å². The molecule has 0 aromatic heterocycles. The number of benzene rings is 2. The van der Waals surface area contributed by atoms with Crippen molar-refractivity contribution >= 4 is 22.0 Å². The Morgan fingerprint density at radius 1 is 1.09 bits per heavy atom. The SMILES string of the molecule is C=CCCN([C@@H](/C=C\C(=O)OCC)C[C@@H](OC(C)=O)c1ccccc1)S(=O)(=O)c1ccc(C)cc1. The Kier molecular flexibility index (Phi) is 10.9. The molecule has 7 nitrogen and oxygen atoms in total. The maximum atomic E-state index is 13.7. The second-order valence-electron chi connectivity index (χ2n) is 7.93. The highest BCUT2D eigenvalue weighted by atomic mass is 32.2. The third-order valence-electron chi connectivity index (χ3n) is 5.23. The van der Waals surface area contributed by atoms with Gasteiger partial charge in [-0.15, -0.1) is 6.58 Å². The zero-order chi connectivity index (χ0) is 25.8. The first-order valence-corrected chi connectivity index (χ1v) is 12.9. The summed E-state index contributed by atoms with van der Waals surface area (Å²) in [6, 6.07) is 14.8. The van der Waals surface area contributed by atoms with Gasteiger partial charge < -0.3 is 9.47 Å². The molecule has 2 aromatic rings. The molecular weight excluding hydrogens is 466 g/mol. The molecule has 0 aliphatic rings. The van der Waals surface area contributed by atoms with Crippen molar-refractivity contribution in [2.24, 2.45) is 0 Å². The molecule has 0 saturated carbocycles. The molecule has 188 valence electrons. The standard InChI is InChI=1S/C27H33NO6S/c1-5-7-19-28(35(31,32)25-16-13-21(3)14-17-25)24(15-18-27(30)33-6-2)20-26(34-22(4)29)23-11-9-8-10-12-23/h5,8-18,24,26H,1,6-7,19-20H2,2-4H3/b18-15-/t24-,26+/m0/s1. The number of ether oxygens (including phenoxy) is 2. The third kappa shape index (κ3) is 8.49. The lowest BCUT2D eigenvalue weighted by Gasteiger charge is -2.31. The summed E-state index contributed by atoms with van der Waals surface area (Å²) in [4.78, 5) is 24.1. The molecule has 35 heavy (non-hydrogen) atoms. The van der Waals surface area contributed by atoms with E-state index in [1.54, 1.807) is 37.3 Å². The molecule has 2 aromatic carbocycles. The third-order valence-corrected chi connectivity index (χ3v) is 7.17. The van der Waals surface area contributed by atoms with Crippen LogP contribution in [0, 0.1) is 6.92 Å². The number of carbonyl (C=O) groups excluding carboxylic acids is 2. The van der Waals surface area contributed by atoms with Crippen molar-refractivity contribution in [2.45, 2.75) is 50.7 Å². The lowest BCUT2D eigenvalue weighted by Crippen LogP contribution is -2.41. The van der Waals surface area contributed by atoms with Crippen LogP contribution in [0.2, 0.25) is 0 Å². The molecule has 0 heterocycles. The molecule has 0 fully saturated rings. The summed E-state index contributed by atoms with van der Waals surface area (Å²) in [7, 11) is -3.96. The Bertz CT molecular complexity index is 1110. The van der Waals surface area contributed by atoms with Crippen molar-refractivity contribution in [1.29, 1.82) is 0 Å². The van der Waals surface area contributed by atoms with Gasteiger partial charge in [0.25, 0.3) is 0 Å². The van der Waals surface area contributed by atoms with Gasteiger partial charge >= 0.3 is 11.9 Å². The molecule has 2 atom stereocenters. The van der Waals surface area contributed by atoms with Gasteiger partial charge in [0, 0.05) is 32.0 Å². The van der Waals surface area contributed by atoms with Gasteiger partial charge in [-0.1, -0.05) is 60.2 Å². The van der Waals surface area contributed by atoms with E-state index in [1.165, 1.54) is 23.4 Å². The van der Waals surface area contributed by atoms with Crippen molar-refractivity contribution < 1.29 is 27.5 Å². The number of aryl methyl sites for hydroxylation is 1. The second kappa shape index (κ2) is 13.6. The van der Waals surface area contributed by atoms with Crippen molar-refractivity contribution in [3.63, 3.8) is 0 Å². The van der Waals surface area contributed by atoms with Gasteiger partial charge in [-0.05, 0) is 38.0 Å². The highest BCUT2D eigenvalue weighted by Gasteiger charge is 2.33. The number of rotatable bonds is 13. The van der Waals surface area contributed by atoms with Gasteiger partial charge in [0.05, 0.1) is 11.5 Å². The van der Waals surface area contributed by atoms with E-state index in [4.69, 9.17) is 9.47 Å². The van der Waals surface area contributed by atoms with Gasteiger partial charge in [-0.25, -0.2) is 13.2 Å². The fourth-order valence-corrected chi connectivity index (χ4v) is 5.15. The smallest absolute Gasteiger partial charge is 0.330 e. The van der Waals surface area contributed by atoms with Crippen LogP contribution in [0.5, 0.6) is 0 Å². The summed E-state index contributed by atoms with van der Waals surface area (Å²) in [6.45, 7) is 8.90. The quantitative estimate of drug-likeness (QED) is 0.225. The van der Waals surface area contributed by atoms with E-state index in [9.17, 15) is 18.0 Å². The molecule has 0 N–H and O–H groups in total. The van der Waals surface area contributed by atoms with E-state index in [1.807, 2.05) is 37.3 Å². The van der Waals surface area contributed by atoms with Crippen LogP contribution in [0.1, 0.15) is 43.9 Å². The van der Waals surface area contributed by atoms with Crippen LogP contribution in [0.15, 0.2) is 84.3 Å². The predicted octanol–water partition coefficient (Wildman–Crippen LogP) is 4.74. The minimum atomic E-state index is -3.96. The van der Waals surface area contributed by atoms with E-state index >= 15 is 0 Å². The van der Waals surface area contributed by atoms with Crippen LogP contribution in [0.4, 0.5) is 0 Å². The molecule has 0 spiro atoms. The van der Waals surface area contributed by atoms with Crippen LogP contribution in [-0.2, 0) is 29.1 Å². The van der Waals surface area contributed by atoms with Crippen LogP contribution in [0.25, 0.3) is 0 Å². The molecular formula is C27H33NO6S. The zero-order valence-corrected chi connectivity index (χ0v) is 21.2. The van der Waals surface area contributed by atoms with Crippen molar-refractivity contribution in [3.05, 3.63) is 90.5 Å².